The average Bonchev–Trinajstić information content (AvgIpc) is 3.64. The highest BCUT2D eigenvalue weighted by atomic mass is 15.0. The van der Waals surface area contributed by atoms with E-state index < -0.39 is 0 Å². The molecule has 0 N–H and O–H groups in total. The molecule has 0 bridgehead atoms. The molecule has 8 aromatic carbocycles. The molecule has 0 saturated heterocycles. The summed E-state index contributed by atoms with van der Waals surface area (Å²) < 4.78 is 2.43. The molecule has 0 radical (unpaired) electrons. The lowest BCUT2D eigenvalue weighted by atomic mass is 9.94. The molecular weight excluding hydrogens is 693 g/mol. The summed E-state index contributed by atoms with van der Waals surface area (Å²) in [6.45, 7) is 0. The third kappa shape index (κ3) is 5.58. The molecule has 0 unspecified atom stereocenters. The molecule has 0 fully saturated rings. The number of pyridine rings is 1. The summed E-state index contributed by atoms with van der Waals surface area (Å²) in [5.41, 5.74) is 13.5. The Labute approximate surface area is 330 Å². The Bertz CT molecular complexity index is 3190. The fourth-order valence-electron chi connectivity index (χ4n) is 8.35. The Morgan fingerprint density at radius 1 is 0.351 bits per heavy atom. The highest BCUT2D eigenvalue weighted by Crippen LogP contribution is 2.44. The van der Waals surface area contributed by atoms with Gasteiger partial charge in [0.05, 0.1) is 33.6 Å². The first kappa shape index (κ1) is 32.7. The molecule has 4 heteroatoms. The van der Waals surface area contributed by atoms with E-state index in [0.717, 1.165) is 72.4 Å². The fraction of sp³-hybridized carbons (Fsp3) is 0. The fourth-order valence-corrected chi connectivity index (χ4v) is 8.35. The maximum absolute atomic E-state index is 5.55. The van der Waals surface area contributed by atoms with Crippen LogP contribution in [-0.2, 0) is 0 Å². The third-order valence-electron chi connectivity index (χ3n) is 11.0. The maximum atomic E-state index is 5.55. The highest BCUT2D eigenvalue weighted by molar-refractivity contribution is 6.27. The lowest BCUT2D eigenvalue weighted by Crippen LogP contribution is -1.97. The number of nitrogens with zero attached hydrogens (tertiary/aromatic N) is 4. The van der Waals surface area contributed by atoms with Gasteiger partial charge in [-0.2, -0.15) is 0 Å². The van der Waals surface area contributed by atoms with Gasteiger partial charge < -0.3 is 4.57 Å². The van der Waals surface area contributed by atoms with E-state index in [-0.39, 0.29) is 0 Å². The largest absolute Gasteiger partial charge is 0.309 e. The first-order valence-electron chi connectivity index (χ1n) is 19.3. The molecular formula is C53H34N4. The SMILES string of the molecule is c1ccc(-c2cc(-c3ccc(-c4cccc5c4nc(-c4ccccc4)c4ccc6c7ccccc7n(-c7ccccc7)c6c45)cc3)nc(-c3ccccc3)n2)cc1. The van der Waals surface area contributed by atoms with Crippen molar-refractivity contribution in [3.8, 4) is 62.0 Å². The summed E-state index contributed by atoms with van der Waals surface area (Å²) in [5.74, 6) is 0.703. The minimum Gasteiger partial charge on any atom is -0.309 e. The molecule has 57 heavy (non-hydrogen) atoms. The highest BCUT2D eigenvalue weighted by Gasteiger charge is 2.21. The van der Waals surface area contributed by atoms with Crippen molar-refractivity contribution < 1.29 is 0 Å². The van der Waals surface area contributed by atoms with E-state index in [2.05, 4.69) is 174 Å². The van der Waals surface area contributed by atoms with Crippen LogP contribution < -0.4 is 0 Å². The molecule has 0 saturated carbocycles. The molecule has 4 nitrogen and oxygen atoms in total. The minimum atomic E-state index is 0.703. The number of aromatic nitrogens is 4. The summed E-state index contributed by atoms with van der Waals surface area (Å²) in [5, 5.41) is 5.89. The zero-order valence-electron chi connectivity index (χ0n) is 30.9. The van der Waals surface area contributed by atoms with Crippen LogP contribution in [0.1, 0.15) is 0 Å². The van der Waals surface area contributed by atoms with E-state index in [4.69, 9.17) is 15.0 Å². The molecule has 0 aliphatic carbocycles. The summed E-state index contributed by atoms with van der Waals surface area (Å²) in [6.07, 6.45) is 0. The maximum Gasteiger partial charge on any atom is 0.160 e. The van der Waals surface area contributed by atoms with Gasteiger partial charge in [-0.15, -0.1) is 0 Å². The van der Waals surface area contributed by atoms with Crippen LogP contribution in [0.4, 0.5) is 0 Å². The lowest BCUT2D eigenvalue weighted by Gasteiger charge is -2.16. The van der Waals surface area contributed by atoms with Crippen molar-refractivity contribution in [3.05, 3.63) is 206 Å². The predicted molar refractivity (Wildman–Crippen MR) is 236 cm³/mol. The molecule has 0 aliphatic rings. The first-order valence-corrected chi connectivity index (χ1v) is 19.3. The Morgan fingerprint density at radius 3 is 1.60 bits per heavy atom. The number of rotatable bonds is 6. The van der Waals surface area contributed by atoms with Gasteiger partial charge in [-0.3, -0.25) is 0 Å². The first-order chi connectivity index (χ1) is 28.3. The quantitative estimate of drug-likeness (QED) is 0.160. The Morgan fingerprint density at radius 2 is 0.895 bits per heavy atom. The molecule has 266 valence electrons. The van der Waals surface area contributed by atoms with Gasteiger partial charge in [0.25, 0.3) is 0 Å². The van der Waals surface area contributed by atoms with Crippen LogP contribution in [-0.4, -0.2) is 19.5 Å². The van der Waals surface area contributed by atoms with Gasteiger partial charge in [0.15, 0.2) is 5.82 Å². The second-order valence-electron chi connectivity index (χ2n) is 14.4. The molecule has 3 aromatic heterocycles. The zero-order chi connectivity index (χ0) is 37.7. The molecule has 0 spiro atoms. The molecule has 0 atom stereocenters. The normalized spacial score (nSPS) is 11.5. The second-order valence-corrected chi connectivity index (χ2v) is 14.4. The van der Waals surface area contributed by atoms with Crippen LogP contribution in [0.5, 0.6) is 0 Å². The summed E-state index contributed by atoms with van der Waals surface area (Å²) >= 11 is 0. The molecule has 3 heterocycles. The Balaban J connectivity index is 1.14. The van der Waals surface area contributed by atoms with Crippen molar-refractivity contribution in [2.75, 3.05) is 0 Å². The van der Waals surface area contributed by atoms with E-state index in [0.29, 0.717) is 5.82 Å². The van der Waals surface area contributed by atoms with Gasteiger partial charge in [0, 0.05) is 60.4 Å². The second kappa shape index (κ2) is 13.6. The van der Waals surface area contributed by atoms with Crippen molar-refractivity contribution in [1.82, 2.24) is 19.5 Å². The van der Waals surface area contributed by atoms with Crippen LogP contribution in [0.3, 0.4) is 0 Å². The van der Waals surface area contributed by atoms with Crippen LogP contribution in [0, 0.1) is 0 Å². The van der Waals surface area contributed by atoms with Gasteiger partial charge in [0.1, 0.15) is 0 Å². The van der Waals surface area contributed by atoms with Crippen molar-refractivity contribution in [2.45, 2.75) is 0 Å². The summed E-state index contributed by atoms with van der Waals surface area (Å²) in [4.78, 5) is 15.6. The van der Waals surface area contributed by atoms with Crippen molar-refractivity contribution in [1.29, 1.82) is 0 Å². The van der Waals surface area contributed by atoms with Crippen LogP contribution in [0.2, 0.25) is 0 Å². The lowest BCUT2D eigenvalue weighted by molar-refractivity contribution is 1.18. The van der Waals surface area contributed by atoms with E-state index in [9.17, 15) is 0 Å². The third-order valence-corrected chi connectivity index (χ3v) is 11.0. The summed E-state index contributed by atoms with van der Waals surface area (Å²) in [6, 6.07) is 72.5. The Hall–Kier alpha value is -7.69. The van der Waals surface area contributed by atoms with Gasteiger partial charge in [-0.25, -0.2) is 15.0 Å². The van der Waals surface area contributed by atoms with E-state index >= 15 is 0 Å². The van der Waals surface area contributed by atoms with Crippen molar-refractivity contribution in [3.63, 3.8) is 0 Å². The van der Waals surface area contributed by atoms with Gasteiger partial charge >= 0.3 is 0 Å². The van der Waals surface area contributed by atoms with Crippen LogP contribution in [0.15, 0.2) is 206 Å². The number of hydrogen-bond acceptors (Lipinski definition) is 3. The van der Waals surface area contributed by atoms with E-state index in [1.807, 2.05) is 36.4 Å². The van der Waals surface area contributed by atoms with Gasteiger partial charge in [-0.1, -0.05) is 182 Å². The smallest absolute Gasteiger partial charge is 0.160 e. The number of benzene rings is 8. The standard InChI is InChI=1S/C53H34N4/c1-5-16-36(17-6-1)46-34-47(55-53(54-46)39-20-9-3-10-21-39)37-30-28-35(29-31-37)41-25-15-26-44-49-45(50(56-51(41)44)38-18-7-2-8-19-38)33-32-43-42-24-13-14-27-48(42)57(52(43)49)40-22-11-4-12-23-40/h1-34H. The summed E-state index contributed by atoms with van der Waals surface area (Å²) in [7, 11) is 0. The van der Waals surface area contributed by atoms with Crippen molar-refractivity contribution in [2.24, 2.45) is 0 Å². The topological polar surface area (TPSA) is 43.6 Å². The van der Waals surface area contributed by atoms with E-state index in [1.54, 1.807) is 0 Å². The predicted octanol–water partition coefficient (Wildman–Crippen LogP) is 13.6. The Kier molecular flexibility index (Phi) is 7.78. The average molecular weight is 727 g/mol. The van der Waals surface area contributed by atoms with Crippen LogP contribution >= 0.6 is 0 Å². The zero-order valence-corrected chi connectivity index (χ0v) is 30.9. The molecule has 0 aliphatic heterocycles. The number of fused-ring (bicyclic) bond motifs is 7. The molecule has 11 aromatic rings. The van der Waals surface area contributed by atoms with Crippen molar-refractivity contribution >= 4 is 43.5 Å². The van der Waals surface area contributed by atoms with Crippen LogP contribution in [0.25, 0.3) is 105 Å². The van der Waals surface area contributed by atoms with Gasteiger partial charge in [0.2, 0.25) is 0 Å². The monoisotopic (exact) mass is 726 g/mol. The molecule has 0 amide bonds. The number of hydrogen-bond donors (Lipinski definition) is 0. The minimum absolute atomic E-state index is 0.703. The molecule has 11 rings (SSSR count). The van der Waals surface area contributed by atoms with Gasteiger partial charge in [-0.05, 0) is 29.8 Å². The van der Waals surface area contributed by atoms with E-state index in [1.165, 1.54) is 27.2 Å². The number of para-hydroxylation sites is 3.